The van der Waals surface area contributed by atoms with Gasteiger partial charge in [0.1, 0.15) is 6.10 Å². The standard InChI is InChI=1S/C26H26ClN5O4S/c1-16-23(20-12-5-6-13-22(20)32(16)37(34,35)19-10-3-2-4-11-19)24-21(27)15-29-26(31-24)30-17-8-7-9-18(14-17)36-25(28)33/h2-6,10-13,15,17-18H,7-9,14H2,1H3,(H2,28,33)(H,29,30,31)/t17-,18+/m1/s1. The normalized spacial score (nSPS) is 18.0. The Labute approximate surface area is 219 Å². The number of hydrogen-bond donors (Lipinski definition) is 2. The summed E-state index contributed by atoms with van der Waals surface area (Å²) in [5, 5.41) is 4.32. The molecule has 2 atom stereocenters. The van der Waals surface area contributed by atoms with E-state index in [1.54, 1.807) is 49.4 Å². The lowest BCUT2D eigenvalue weighted by Gasteiger charge is -2.29. The number of nitrogens with one attached hydrogen (secondary N) is 1. The molecule has 4 aromatic rings. The Kier molecular flexibility index (Phi) is 6.78. The van der Waals surface area contributed by atoms with Crippen molar-refractivity contribution in [2.24, 2.45) is 5.73 Å². The van der Waals surface area contributed by atoms with Crippen LogP contribution in [-0.4, -0.2) is 40.6 Å². The molecule has 1 fully saturated rings. The first-order valence-electron chi connectivity index (χ1n) is 11.9. The summed E-state index contributed by atoms with van der Waals surface area (Å²) in [4.78, 5) is 20.4. The maximum atomic E-state index is 13.7. The van der Waals surface area contributed by atoms with Gasteiger partial charge in [-0.1, -0.05) is 48.0 Å². The molecule has 1 amide bonds. The molecule has 0 saturated heterocycles. The molecule has 37 heavy (non-hydrogen) atoms. The van der Waals surface area contributed by atoms with Gasteiger partial charge in [0, 0.05) is 29.1 Å². The number of fused-ring (bicyclic) bond motifs is 1. The monoisotopic (exact) mass is 539 g/mol. The summed E-state index contributed by atoms with van der Waals surface area (Å²) < 4.78 is 33.9. The number of primary amides is 1. The number of rotatable bonds is 6. The van der Waals surface area contributed by atoms with Crippen molar-refractivity contribution >= 4 is 44.6 Å². The highest BCUT2D eigenvalue weighted by atomic mass is 35.5. The van der Waals surface area contributed by atoms with Crippen LogP contribution in [0.2, 0.25) is 5.02 Å². The molecule has 1 aliphatic rings. The number of anilines is 1. The largest absolute Gasteiger partial charge is 0.446 e. The van der Waals surface area contributed by atoms with E-state index in [-0.39, 0.29) is 17.0 Å². The van der Waals surface area contributed by atoms with E-state index < -0.39 is 16.1 Å². The van der Waals surface area contributed by atoms with Crippen LogP contribution in [-0.2, 0) is 14.8 Å². The van der Waals surface area contributed by atoms with Gasteiger partial charge in [0.05, 0.1) is 27.3 Å². The maximum absolute atomic E-state index is 13.7. The van der Waals surface area contributed by atoms with Crippen LogP contribution in [0.25, 0.3) is 22.2 Å². The zero-order chi connectivity index (χ0) is 26.2. The van der Waals surface area contributed by atoms with Gasteiger partial charge in [-0.3, -0.25) is 0 Å². The summed E-state index contributed by atoms with van der Waals surface area (Å²) in [6.45, 7) is 1.74. The van der Waals surface area contributed by atoms with Gasteiger partial charge in [-0.05, 0) is 44.4 Å². The number of aromatic nitrogens is 3. The highest BCUT2D eigenvalue weighted by Gasteiger charge is 2.28. The van der Waals surface area contributed by atoms with Crippen molar-refractivity contribution in [3.05, 3.63) is 71.5 Å². The molecular formula is C26H26ClN5O4S. The summed E-state index contributed by atoms with van der Waals surface area (Å²) in [7, 11) is -3.88. The number of nitrogens with zero attached hydrogens (tertiary/aromatic N) is 3. The van der Waals surface area contributed by atoms with Crippen LogP contribution in [0.5, 0.6) is 0 Å². The number of para-hydroxylation sites is 1. The van der Waals surface area contributed by atoms with E-state index >= 15 is 0 Å². The molecule has 1 aliphatic carbocycles. The zero-order valence-corrected chi connectivity index (χ0v) is 21.7. The van der Waals surface area contributed by atoms with Crippen LogP contribution in [0, 0.1) is 6.92 Å². The second-order valence-corrected chi connectivity index (χ2v) is 11.2. The quantitative estimate of drug-likeness (QED) is 0.348. The molecule has 0 spiro atoms. The molecule has 2 aromatic heterocycles. The van der Waals surface area contributed by atoms with Crippen molar-refractivity contribution in [2.45, 2.75) is 49.6 Å². The zero-order valence-electron chi connectivity index (χ0n) is 20.1. The van der Waals surface area contributed by atoms with Gasteiger partial charge in [0.15, 0.2) is 0 Å². The van der Waals surface area contributed by atoms with Gasteiger partial charge < -0.3 is 15.8 Å². The first-order valence-corrected chi connectivity index (χ1v) is 13.7. The number of carbonyl (C=O) groups is 1. The fraction of sp³-hybridized carbons (Fsp3) is 0.269. The maximum Gasteiger partial charge on any atom is 0.404 e. The molecule has 11 heteroatoms. The summed E-state index contributed by atoms with van der Waals surface area (Å²) in [5.74, 6) is 0.353. The summed E-state index contributed by atoms with van der Waals surface area (Å²) in [6.07, 6.45) is 3.50. The van der Waals surface area contributed by atoms with Gasteiger partial charge in [-0.2, -0.15) is 0 Å². The number of benzene rings is 2. The highest BCUT2D eigenvalue weighted by molar-refractivity contribution is 7.90. The van der Waals surface area contributed by atoms with Crippen molar-refractivity contribution in [3.8, 4) is 11.3 Å². The predicted octanol–water partition coefficient (Wildman–Crippen LogP) is 5.12. The third kappa shape index (κ3) is 4.86. The second kappa shape index (κ2) is 10.0. The molecule has 2 heterocycles. The lowest BCUT2D eigenvalue weighted by atomic mass is 9.93. The van der Waals surface area contributed by atoms with Gasteiger partial charge in [0.2, 0.25) is 5.95 Å². The summed E-state index contributed by atoms with van der Waals surface area (Å²) in [5.41, 5.74) is 7.25. The number of nitrogens with two attached hydrogens (primary N) is 1. The first kappa shape index (κ1) is 25.0. The molecular weight excluding hydrogens is 514 g/mol. The van der Waals surface area contributed by atoms with E-state index in [0.717, 1.165) is 19.3 Å². The van der Waals surface area contributed by atoms with Gasteiger partial charge in [-0.25, -0.2) is 27.2 Å². The van der Waals surface area contributed by atoms with E-state index in [0.29, 0.717) is 45.2 Å². The molecule has 2 aromatic carbocycles. The number of amides is 1. The smallest absolute Gasteiger partial charge is 0.404 e. The summed E-state index contributed by atoms with van der Waals surface area (Å²) >= 11 is 6.58. The average molecular weight is 540 g/mol. The van der Waals surface area contributed by atoms with Crippen molar-refractivity contribution < 1.29 is 17.9 Å². The van der Waals surface area contributed by atoms with E-state index in [4.69, 9.17) is 27.1 Å². The van der Waals surface area contributed by atoms with Crippen molar-refractivity contribution in [2.75, 3.05) is 5.32 Å². The molecule has 192 valence electrons. The van der Waals surface area contributed by atoms with E-state index in [9.17, 15) is 13.2 Å². The minimum Gasteiger partial charge on any atom is -0.446 e. The summed E-state index contributed by atoms with van der Waals surface area (Å²) in [6, 6.07) is 15.5. The van der Waals surface area contributed by atoms with Crippen molar-refractivity contribution in [1.82, 2.24) is 13.9 Å². The Balaban J connectivity index is 1.57. The number of ether oxygens (including phenoxy) is 1. The van der Waals surface area contributed by atoms with Crippen LogP contribution in [0.4, 0.5) is 10.7 Å². The van der Waals surface area contributed by atoms with Crippen LogP contribution < -0.4 is 11.1 Å². The Bertz CT molecular complexity index is 1570. The Morgan fingerprint density at radius 2 is 1.86 bits per heavy atom. The van der Waals surface area contributed by atoms with Crippen LogP contribution in [0.15, 0.2) is 65.7 Å². The number of hydrogen-bond acceptors (Lipinski definition) is 7. The molecule has 0 aliphatic heterocycles. The van der Waals surface area contributed by atoms with Crippen molar-refractivity contribution in [3.63, 3.8) is 0 Å². The Morgan fingerprint density at radius 1 is 1.14 bits per heavy atom. The SMILES string of the molecule is Cc1c(-c2nc(N[C@@H]3CCC[C@H](OC(N)=O)C3)ncc2Cl)c2ccccc2n1S(=O)(=O)c1ccccc1. The van der Waals surface area contributed by atoms with Gasteiger partial charge >= 0.3 is 6.09 Å². The number of halogens is 1. The predicted molar refractivity (Wildman–Crippen MR) is 142 cm³/mol. The molecule has 1 saturated carbocycles. The Hall–Kier alpha value is -3.63. The Morgan fingerprint density at radius 3 is 2.62 bits per heavy atom. The van der Waals surface area contributed by atoms with Crippen LogP contribution in [0.3, 0.4) is 0 Å². The highest BCUT2D eigenvalue weighted by Crippen LogP contribution is 2.39. The fourth-order valence-electron chi connectivity index (χ4n) is 4.99. The average Bonchev–Trinajstić information content (AvgIpc) is 3.18. The van der Waals surface area contributed by atoms with E-state index in [2.05, 4.69) is 10.3 Å². The van der Waals surface area contributed by atoms with Gasteiger partial charge in [0.25, 0.3) is 10.0 Å². The van der Waals surface area contributed by atoms with Crippen LogP contribution in [0.1, 0.15) is 31.4 Å². The number of carbonyl (C=O) groups excluding carboxylic acids is 1. The van der Waals surface area contributed by atoms with Crippen molar-refractivity contribution in [1.29, 1.82) is 0 Å². The minimum absolute atomic E-state index is 0.0203. The molecule has 0 radical (unpaired) electrons. The second-order valence-electron chi connectivity index (χ2n) is 9.02. The van der Waals surface area contributed by atoms with Gasteiger partial charge in [-0.15, -0.1) is 0 Å². The van der Waals surface area contributed by atoms with E-state index in [1.807, 2.05) is 12.1 Å². The molecule has 9 nitrogen and oxygen atoms in total. The third-order valence-electron chi connectivity index (χ3n) is 6.56. The minimum atomic E-state index is -3.88. The molecule has 0 unspecified atom stereocenters. The molecule has 0 bridgehead atoms. The van der Waals surface area contributed by atoms with E-state index in [1.165, 1.54) is 10.2 Å². The lowest BCUT2D eigenvalue weighted by molar-refractivity contribution is 0.0796. The first-order chi connectivity index (χ1) is 17.8. The topological polar surface area (TPSA) is 129 Å². The molecule has 3 N–H and O–H groups in total. The lowest BCUT2D eigenvalue weighted by Crippen LogP contribution is -2.34. The fourth-order valence-corrected chi connectivity index (χ4v) is 6.76. The molecule has 5 rings (SSSR count). The van der Waals surface area contributed by atoms with Crippen LogP contribution >= 0.6 is 11.6 Å². The third-order valence-corrected chi connectivity index (χ3v) is 8.66.